The van der Waals surface area contributed by atoms with Gasteiger partial charge in [-0.1, -0.05) is 11.6 Å². The maximum atomic E-state index is 12.3. The van der Waals surface area contributed by atoms with E-state index in [-0.39, 0.29) is 5.56 Å². The number of hydrogen-bond acceptors (Lipinski definition) is 5. The fourth-order valence-electron chi connectivity index (χ4n) is 3.67. The number of pyridine rings is 1. The lowest BCUT2D eigenvalue weighted by Crippen LogP contribution is -2.50. The summed E-state index contributed by atoms with van der Waals surface area (Å²) in [5.41, 5.74) is 1.41. The predicted molar refractivity (Wildman–Crippen MR) is 94.6 cm³/mol. The Balaban J connectivity index is 1.43. The molecule has 0 spiro atoms. The third-order valence-electron chi connectivity index (χ3n) is 5.02. The van der Waals surface area contributed by atoms with Gasteiger partial charge in [-0.2, -0.15) is 0 Å². The van der Waals surface area contributed by atoms with E-state index in [0.717, 1.165) is 51.5 Å². The van der Waals surface area contributed by atoms with Crippen LogP contribution in [0.4, 0.5) is 0 Å². The van der Waals surface area contributed by atoms with E-state index in [1.54, 1.807) is 24.4 Å². The maximum absolute atomic E-state index is 12.3. The molecular formula is C17H22ClN5O. The molecule has 6 nitrogen and oxygen atoms in total. The lowest BCUT2D eigenvalue weighted by Gasteiger charge is -2.37. The highest BCUT2D eigenvalue weighted by Crippen LogP contribution is 2.14. The van der Waals surface area contributed by atoms with Crippen molar-refractivity contribution in [2.75, 3.05) is 39.3 Å². The zero-order valence-corrected chi connectivity index (χ0v) is 14.4. The molecule has 2 aromatic rings. The molecule has 4 heterocycles. The van der Waals surface area contributed by atoms with Gasteiger partial charge in [0.2, 0.25) is 0 Å². The second-order valence-electron chi connectivity index (χ2n) is 6.62. The first-order valence-electron chi connectivity index (χ1n) is 8.54. The number of nitrogens with one attached hydrogen (secondary N) is 1. The highest BCUT2D eigenvalue weighted by molar-refractivity contribution is 6.30. The Labute approximate surface area is 146 Å². The Hall–Kier alpha value is -1.47. The molecule has 0 amide bonds. The van der Waals surface area contributed by atoms with Crippen LogP contribution in [0.15, 0.2) is 29.2 Å². The van der Waals surface area contributed by atoms with Gasteiger partial charge in [0.05, 0.1) is 10.7 Å². The highest BCUT2D eigenvalue weighted by Gasteiger charge is 2.26. The van der Waals surface area contributed by atoms with Crippen molar-refractivity contribution in [3.05, 3.63) is 45.5 Å². The summed E-state index contributed by atoms with van der Waals surface area (Å²) >= 11 is 5.95. The first kappa shape index (κ1) is 16.0. The molecule has 0 bridgehead atoms. The normalized spacial score (nSPS) is 23.1. The van der Waals surface area contributed by atoms with Gasteiger partial charge in [0.25, 0.3) is 5.56 Å². The average molecular weight is 348 g/mol. The summed E-state index contributed by atoms with van der Waals surface area (Å²) < 4.78 is 1.50. The summed E-state index contributed by atoms with van der Waals surface area (Å²) in [4.78, 5) is 21.8. The number of nitrogens with zero attached hydrogens (tertiary/aromatic N) is 4. The van der Waals surface area contributed by atoms with Crippen molar-refractivity contribution in [2.45, 2.75) is 19.0 Å². The topological polar surface area (TPSA) is 52.9 Å². The number of hydrogen-bond donors (Lipinski definition) is 1. The molecule has 7 heteroatoms. The minimum Gasteiger partial charge on any atom is -0.315 e. The van der Waals surface area contributed by atoms with E-state index in [1.807, 2.05) is 0 Å². The summed E-state index contributed by atoms with van der Waals surface area (Å²) in [6.45, 7) is 7.22. The molecule has 1 N–H and O–H groups in total. The van der Waals surface area contributed by atoms with Gasteiger partial charge in [-0.05, 0) is 25.1 Å². The lowest BCUT2D eigenvalue weighted by molar-refractivity contribution is 0.0973. The average Bonchev–Trinajstić information content (AvgIpc) is 3.11. The Morgan fingerprint density at radius 1 is 1.25 bits per heavy atom. The van der Waals surface area contributed by atoms with Gasteiger partial charge in [-0.3, -0.25) is 19.0 Å². The van der Waals surface area contributed by atoms with Gasteiger partial charge >= 0.3 is 0 Å². The van der Waals surface area contributed by atoms with E-state index >= 15 is 0 Å². The van der Waals surface area contributed by atoms with Crippen molar-refractivity contribution in [1.82, 2.24) is 24.5 Å². The van der Waals surface area contributed by atoms with Crippen LogP contribution in [0, 0.1) is 0 Å². The quantitative estimate of drug-likeness (QED) is 0.891. The molecule has 128 valence electrons. The van der Waals surface area contributed by atoms with E-state index in [2.05, 4.69) is 20.1 Å². The molecule has 4 rings (SSSR count). The van der Waals surface area contributed by atoms with Gasteiger partial charge in [-0.15, -0.1) is 0 Å². The van der Waals surface area contributed by atoms with E-state index in [1.165, 1.54) is 10.8 Å². The van der Waals surface area contributed by atoms with Crippen LogP contribution in [0.1, 0.15) is 12.1 Å². The molecule has 0 aromatic carbocycles. The Morgan fingerprint density at radius 2 is 2.08 bits per heavy atom. The minimum absolute atomic E-state index is 0.0758. The molecule has 1 unspecified atom stereocenters. The van der Waals surface area contributed by atoms with Gasteiger partial charge in [-0.25, -0.2) is 4.98 Å². The van der Waals surface area contributed by atoms with Crippen molar-refractivity contribution in [3.8, 4) is 0 Å². The van der Waals surface area contributed by atoms with Crippen molar-refractivity contribution in [2.24, 2.45) is 0 Å². The SMILES string of the molecule is O=c1cc(CN2CCN(C3CCNC3)CC2)nc2ccc(Cl)cn12. The van der Waals surface area contributed by atoms with Gasteiger partial charge in [0.1, 0.15) is 5.65 Å². The van der Waals surface area contributed by atoms with Gasteiger partial charge in [0, 0.05) is 57.6 Å². The third kappa shape index (κ3) is 3.32. The first-order chi connectivity index (χ1) is 11.7. The standard InChI is InChI=1S/C17H22ClN5O/c18-13-1-2-16-20-14(9-17(24)23(16)11-13)12-21-5-7-22(8-6-21)15-3-4-19-10-15/h1-2,9,11,15,19H,3-8,10,12H2. The monoisotopic (exact) mass is 347 g/mol. The molecule has 2 aromatic heterocycles. The minimum atomic E-state index is -0.0758. The van der Waals surface area contributed by atoms with Crippen LogP contribution >= 0.6 is 11.6 Å². The van der Waals surface area contributed by atoms with E-state index in [9.17, 15) is 4.79 Å². The Kier molecular flexibility index (Phi) is 4.54. The number of fused-ring (bicyclic) bond motifs is 1. The molecule has 0 aliphatic carbocycles. The van der Waals surface area contributed by atoms with Crippen LogP contribution < -0.4 is 10.9 Å². The summed E-state index contributed by atoms with van der Waals surface area (Å²) in [6, 6.07) is 5.87. The molecule has 2 saturated heterocycles. The summed E-state index contributed by atoms with van der Waals surface area (Å²) in [5.74, 6) is 0. The Bertz CT molecular complexity index is 778. The summed E-state index contributed by atoms with van der Waals surface area (Å²) in [6.07, 6.45) is 2.87. The van der Waals surface area contributed by atoms with Crippen molar-refractivity contribution in [1.29, 1.82) is 0 Å². The predicted octanol–water partition coefficient (Wildman–Crippen LogP) is 0.827. The van der Waals surface area contributed by atoms with Crippen LogP contribution in [0.3, 0.4) is 0 Å². The molecule has 2 aliphatic heterocycles. The number of halogens is 1. The third-order valence-corrected chi connectivity index (χ3v) is 5.24. The van der Waals surface area contributed by atoms with Crippen LogP contribution in [0.5, 0.6) is 0 Å². The zero-order chi connectivity index (χ0) is 16.5. The maximum Gasteiger partial charge on any atom is 0.258 e. The fraction of sp³-hybridized carbons (Fsp3) is 0.529. The molecular weight excluding hydrogens is 326 g/mol. The molecule has 0 radical (unpaired) electrons. The van der Waals surface area contributed by atoms with Crippen molar-refractivity contribution < 1.29 is 0 Å². The second kappa shape index (κ2) is 6.80. The molecule has 0 saturated carbocycles. The van der Waals surface area contributed by atoms with E-state index < -0.39 is 0 Å². The van der Waals surface area contributed by atoms with E-state index in [0.29, 0.717) is 16.7 Å². The highest BCUT2D eigenvalue weighted by atomic mass is 35.5. The lowest BCUT2D eigenvalue weighted by atomic mass is 10.2. The number of aromatic nitrogens is 2. The van der Waals surface area contributed by atoms with Crippen LogP contribution in [-0.4, -0.2) is 64.5 Å². The smallest absolute Gasteiger partial charge is 0.258 e. The fourth-order valence-corrected chi connectivity index (χ4v) is 3.83. The van der Waals surface area contributed by atoms with Crippen LogP contribution in [0.2, 0.25) is 5.02 Å². The van der Waals surface area contributed by atoms with Gasteiger partial charge < -0.3 is 5.32 Å². The van der Waals surface area contributed by atoms with Crippen LogP contribution in [-0.2, 0) is 6.54 Å². The Morgan fingerprint density at radius 3 is 2.83 bits per heavy atom. The van der Waals surface area contributed by atoms with Crippen LogP contribution in [0.25, 0.3) is 5.65 Å². The molecule has 24 heavy (non-hydrogen) atoms. The zero-order valence-electron chi connectivity index (χ0n) is 13.6. The first-order valence-corrected chi connectivity index (χ1v) is 8.92. The number of rotatable bonds is 3. The van der Waals surface area contributed by atoms with Gasteiger partial charge in [0.15, 0.2) is 0 Å². The van der Waals surface area contributed by atoms with E-state index in [4.69, 9.17) is 11.6 Å². The molecule has 2 aliphatic rings. The molecule has 2 fully saturated rings. The molecule has 1 atom stereocenters. The van der Waals surface area contributed by atoms with Crippen molar-refractivity contribution >= 4 is 17.2 Å². The second-order valence-corrected chi connectivity index (χ2v) is 7.06. The number of piperazine rings is 1. The summed E-state index contributed by atoms with van der Waals surface area (Å²) in [5, 5.41) is 3.97. The largest absolute Gasteiger partial charge is 0.315 e. The summed E-state index contributed by atoms with van der Waals surface area (Å²) in [7, 11) is 0. The van der Waals surface area contributed by atoms with Crippen molar-refractivity contribution in [3.63, 3.8) is 0 Å².